The van der Waals surface area contributed by atoms with E-state index in [1.807, 2.05) is 17.5 Å². The highest BCUT2D eigenvalue weighted by atomic mass is 32.2. The van der Waals surface area contributed by atoms with Crippen molar-refractivity contribution in [3.8, 4) is 9.88 Å². The second-order valence-corrected chi connectivity index (χ2v) is 11.1. The van der Waals surface area contributed by atoms with Gasteiger partial charge < -0.3 is 5.32 Å². The number of carbonyl (C=O) groups is 1. The first-order valence-corrected chi connectivity index (χ1v) is 12.3. The summed E-state index contributed by atoms with van der Waals surface area (Å²) in [5.74, 6) is -0.198. The van der Waals surface area contributed by atoms with Gasteiger partial charge >= 0.3 is 0 Å². The van der Waals surface area contributed by atoms with Gasteiger partial charge in [-0.2, -0.15) is 0 Å². The number of hydrogen-bond acceptors (Lipinski definition) is 6. The molecule has 1 N–H and O–H groups in total. The molecule has 1 aliphatic rings. The molecule has 1 fully saturated rings. The first-order chi connectivity index (χ1) is 12.4. The molecule has 0 saturated heterocycles. The van der Waals surface area contributed by atoms with Crippen LogP contribution < -0.4 is 5.32 Å². The fourth-order valence-corrected chi connectivity index (χ4v) is 6.16. The highest BCUT2D eigenvalue weighted by Crippen LogP contribution is 2.29. The summed E-state index contributed by atoms with van der Waals surface area (Å²) in [4.78, 5) is 17.9. The van der Waals surface area contributed by atoms with E-state index in [4.69, 9.17) is 0 Å². The summed E-state index contributed by atoms with van der Waals surface area (Å²) in [6.07, 6.45) is 4.27. The summed E-state index contributed by atoms with van der Waals surface area (Å²) in [5, 5.41) is 6.43. The SMILES string of the molecule is C[C@@H]1CCCC[C@H]1NC(=O)[C@@H](C)S(=O)(=O)Cc1csc(-c2cccs2)n1. The minimum absolute atomic E-state index is 0.0820. The molecule has 0 aliphatic heterocycles. The van der Waals surface area contributed by atoms with E-state index in [2.05, 4.69) is 17.2 Å². The molecule has 142 valence electrons. The van der Waals surface area contributed by atoms with E-state index < -0.39 is 21.0 Å². The summed E-state index contributed by atoms with van der Waals surface area (Å²) < 4.78 is 25.3. The Hall–Kier alpha value is -1.25. The van der Waals surface area contributed by atoms with Crippen LogP contribution in [0.3, 0.4) is 0 Å². The molecule has 1 amide bonds. The molecule has 3 atom stereocenters. The molecule has 0 spiro atoms. The van der Waals surface area contributed by atoms with Crippen molar-refractivity contribution >= 4 is 38.4 Å². The number of sulfone groups is 1. The third-order valence-corrected chi connectivity index (χ3v) is 8.90. The fraction of sp³-hybridized carbons (Fsp3) is 0.556. The van der Waals surface area contributed by atoms with Crippen LogP contribution in [0.1, 0.15) is 45.2 Å². The van der Waals surface area contributed by atoms with Crippen LogP contribution in [-0.2, 0) is 20.4 Å². The summed E-state index contributed by atoms with van der Waals surface area (Å²) in [7, 11) is -3.60. The van der Waals surface area contributed by atoms with Gasteiger partial charge in [0.05, 0.1) is 16.3 Å². The lowest BCUT2D eigenvalue weighted by atomic mass is 9.86. The minimum Gasteiger partial charge on any atom is -0.352 e. The lowest BCUT2D eigenvalue weighted by molar-refractivity contribution is -0.121. The third kappa shape index (κ3) is 4.53. The van der Waals surface area contributed by atoms with E-state index in [1.54, 1.807) is 16.7 Å². The maximum Gasteiger partial charge on any atom is 0.238 e. The Morgan fingerprint density at radius 3 is 2.81 bits per heavy atom. The zero-order valence-corrected chi connectivity index (χ0v) is 17.4. The number of hydrogen-bond donors (Lipinski definition) is 1. The summed E-state index contributed by atoms with van der Waals surface area (Å²) >= 11 is 3.00. The lowest BCUT2D eigenvalue weighted by Crippen LogP contribution is -2.47. The number of nitrogens with zero attached hydrogens (tertiary/aromatic N) is 1. The van der Waals surface area contributed by atoms with Gasteiger partial charge in [-0.1, -0.05) is 25.8 Å². The van der Waals surface area contributed by atoms with Crippen molar-refractivity contribution in [2.75, 3.05) is 0 Å². The molecule has 0 radical (unpaired) electrons. The Balaban J connectivity index is 1.64. The molecule has 2 heterocycles. The van der Waals surface area contributed by atoms with Crippen molar-refractivity contribution < 1.29 is 13.2 Å². The standard InChI is InChI=1S/C18H24N2O3S3/c1-12-6-3-4-7-15(12)20-17(21)13(2)26(22,23)11-14-10-25-18(19-14)16-8-5-9-24-16/h5,8-10,12-13,15H,3-4,6-7,11H2,1-2H3,(H,20,21)/t12-,13-,15-/m1/s1. The van der Waals surface area contributed by atoms with E-state index in [0.29, 0.717) is 11.6 Å². The number of carbonyl (C=O) groups excluding carboxylic acids is 1. The molecule has 2 aromatic rings. The maximum atomic E-state index is 12.7. The molecule has 1 saturated carbocycles. The van der Waals surface area contributed by atoms with Crippen molar-refractivity contribution in [3.63, 3.8) is 0 Å². The predicted molar refractivity (Wildman–Crippen MR) is 107 cm³/mol. The Morgan fingerprint density at radius 1 is 1.35 bits per heavy atom. The monoisotopic (exact) mass is 412 g/mol. The summed E-state index contributed by atoms with van der Waals surface area (Å²) in [6.45, 7) is 3.59. The molecule has 0 aromatic carbocycles. The van der Waals surface area contributed by atoms with Crippen molar-refractivity contribution in [2.24, 2.45) is 5.92 Å². The van der Waals surface area contributed by atoms with Crippen molar-refractivity contribution in [1.29, 1.82) is 0 Å². The van der Waals surface area contributed by atoms with Gasteiger partial charge in [0.15, 0.2) is 9.84 Å². The molecular formula is C18H24N2O3S3. The van der Waals surface area contributed by atoms with E-state index in [9.17, 15) is 13.2 Å². The van der Waals surface area contributed by atoms with Gasteiger partial charge in [0.25, 0.3) is 0 Å². The largest absolute Gasteiger partial charge is 0.352 e. The fourth-order valence-electron chi connectivity index (χ4n) is 3.21. The first-order valence-electron chi connectivity index (χ1n) is 8.87. The Morgan fingerprint density at radius 2 is 2.12 bits per heavy atom. The van der Waals surface area contributed by atoms with Gasteiger partial charge in [-0.15, -0.1) is 22.7 Å². The van der Waals surface area contributed by atoms with Gasteiger partial charge in [-0.25, -0.2) is 13.4 Å². The van der Waals surface area contributed by atoms with Gasteiger partial charge in [0.2, 0.25) is 5.91 Å². The number of thiazole rings is 1. The second kappa shape index (κ2) is 8.19. The van der Waals surface area contributed by atoms with Crippen LogP contribution in [-0.4, -0.2) is 30.6 Å². The topological polar surface area (TPSA) is 76.1 Å². The van der Waals surface area contributed by atoms with Crippen LogP contribution in [0.4, 0.5) is 0 Å². The number of aromatic nitrogens is 1. The minimum atomic E-state index is -3.60. The molecule has 0 bridgehead atoms. The molecule has 26 heavy (non-hydrogen) atoms. The quantitative estimate of drug-likeness (QED) is 0.781. The molecule has 1 aliphatic carbocycles. The van der Waals surface area contributed by atoms with Crippen LogP contribution in [0.2, 0.25) is 0 Å². The Bertz CT molecular complexity index is 843. The lowest BCUT2D eigenvalue weighted by Gasteiger charge is -2.30. The van der Waals surface area contributed by atoms with Crippen molar-refractivity contribution in [2.45, 2.75) is 56.6 Å². The number of nitrogens with one attached hydrogen (secondary N) is 1. The van der Waals surface area contributed by atoms with Crippen LogP contribution in [0.25, 0.3) is 9.88 Å². The molecule has 0 unspecified atom stereocenters. The van der Waals surface area contributed by atoms with Crippen LogP contribution in [0.15, 0.2) is 22.9 Å². The first kappa shape index (κ1) is 19.5. The number of rotatable bonds is 6. The normalized spacial score (nSPS) is 22.1. The highest BCUT2D eigenvalue weighted by molar-refractivity contribution is 7.92. The highest BCUT2D eigenvalue weighted by Gasteiger charge is 2.32. The average molecular weight is 413 g/mol. The van der Waals surface area contributed by atoms with Crippen LogP contribution in [0, 0.1) is 5.92 Å². The second-order valence-electron chi connectivity index (χ2n) is 6.95. The average Bonchev–Trinajstić information content (AvgIpc) is 3.27. The van der Waals surface area contributed by atoms with Crippen molar-refractivity contribution in [3.05, 3.63) is 28.6 Å². The van der Waals surface area contributed by atoms with E-state index >= 15 is 0 Å². The van der Waals surface area contributed by atoms with Gasteiger partial charge in [-0.05, 0) is 37.1 Å². The third-order valence-electron chi connectivity index (χ3n) is 4.98. The van der Waals surface area contributed by atoms with Gasteiger partial charge in [0.1, 0.15) is 10.3 Å². The number of amides is 1. The van der Waals surface area contributed by atoms with Gasteiger partial charge in [0, 0.05) is 11.4 Å². The van der Waals surface area contributed by atoms with Gasteiger partial charge in [-0.3, -0.25) is 4.79 Å². The smallest absolute Gasteiger partial charge is 0.238 e. The molecule has 2 aromatic heterocycles. The van der Waals surface area contributed by atoms with E-state index in [1.165, 1.54) is 24.7 Å². The Labute approximate surface area is 162 Å². The zero-order valence-electron chi connectivity index (χ0n) is 15.0. The maximum absolute atomic E-state index is 12.7. The van der Waals surface area contributed by atoms with Crippen LogP contribution in [0.5, 0.6) is 0 Å². The van der Waals surface area contributed by atoms with E-state index in [0.717, 1.165) is 29.1 Å². The molecule has 8 heteroatoms. The van der Waals surface area contributed by atoms with Crippen LogP contribution >= 0.6 is 22.7 Å². The molecule has 3 rings (SSSR count). The van der Waals surface area contributed by atoms with E-state index in [-0.39, 0.29) is 11.8 Å². The zero-order chi connectivity index (χ0) is 18.7. The molecular weight excluding hydrogens is 388 g/mol. The van der Waals surface area contributed by atoms with Crippen molar-refractivity contribution in [1.82, 2.24) is 10.3 Å². The summed E-state index contributed by atoms with van der Waals surface area (Å²) in [6, 6.07) is 3.98. The predicted octanol–water partition coefficient (Wildman–Crippen LogP) is 3.87. The summed E-state index contributed by atoms with van der Waals surface area (Å²) in [5.41, 5.74) is 0.504. The Kier molecular flexibility index (Phi) is 6.14. The number of thiophene rings is 1. The molecule has 5 nitrogen and oxygen atoms in total.